The molecule has 1 aliphatic heterocycles. The molecular weight excluding hydrogens is 374 g/mol. The monoisotopic (exact) mass is 393 g/mol. The van der Waals surface area contributed by atoms with Crippen LogP contribution < -0.4 is 14.4 Å². The zero-order valence-corrected chi connectivity index (χ0v) is 15.8. The van der Waals surface area contributed by atoms with Gasteiger partial charge in [0, 0.05) is 11.5 Å². The van der Waals surface area contributed by atoms with E-state index in [0.29, 0.717) is 17.9 Å². The van der Waals surface area contributed by atoms with E-state index in [4.69, 9.17) is 9.47 Å². The van der Waals surface area contributed by atoms with Crippen molar-refractivity contribution in [3.63, 3.8) is 0 Å². The van der Waals surface area contributed by atoms with Crippen molar-refractivity contribution in [2.24, 2.45) is 0 Å². The van der Waals surface area contributed by atoms with Crippen molar-refractivity contribution in [1.29, 1.82) is 0 Å². The van der Waals surface area contributed by atoms with E-state index in [0.717, 1.165) is 10.8 Å². The number of nitrogens with zero attached hydrogens (tertiary/aromatic N) is 3. The number of anilines is 1. The normalized spacial score (nSPS) is 15.7. The summed E-state index contributed by atoms with van der Waals surface area (Å²) >= 11 is 0. The first-order valence-corrected chi connectivity index (χ1v) is 9.32. The van der Waals surface area contributed by atoms with Crippen LogP contribution in [0.2, 0.25) is 0 Å². The lowest BCUT2D eigenvalue weighted by Gasteiger charge is -2.30. The van der Waals surface area contributed by atoms with Crippen molar-refractivity contribution in [3.05, 3.63) is 64.7 Å². The number of carbonyl (C=O) groups is 1. The van der Waals surface area contributed by atoms with Crippen LogP contribution in [0.25, 0.3) is 10.8 Å². The van der Waals surface area contributed by atoms with Gasteiger partial charge >= 0.3 is 5.82 Å². The molecule has 3 aromatic rings. The van der Waals surface area contributed by atoms with E-state index in [1.165, 1.54) is 17.0 Å². The first-order valence-electron chi connectivity index (χ1n) is 9.32. The van der Waals surface area contributed by atoms with Crippen molar-refractivity contribution in [2.45, 2.75) is 19.4 Å². The van der Waals surface area contributed by atoms with Crippen LogP contribution in [0.1, 0.15) is 13.3 Å². The molecule has 0 bridgehead atoms. The molecule has 2 aromatic carbocycles. The van der Waals surface area contributed by atoms with E-state index in [1.807, 2.05) is 49.4 Å². The number of hydrogen-bond donors (Lipinski definition) is 0. The minimum atomic E-state index is -0.650. The van der Waals surface area contributed by atoms with E-state index in [-0.39, 0.29) is 30.7 Å². The van der Waals surface area contributed by atoms with Crippen molar-refractivity contribution >= 4 is 28.3 Å². The van der Waals surface area contributed by atoms with Crippen molar-refractivity contribution in [1.82, 2.24) is 4.98 Å². The number of pyridine rings is 1. The third-order valence-corrected chi connectivity index (χ3v) is 4.77. The Labute approximate surface area is 166 Å². The molecule has 0 saturated heterocycles. The van der Waals surface area contributed by atoms with Gasteiger partial charge in [0.2, 0.25) is 0 Å². The van der Waals surface area contributed by atoms with Gasteiger partial charge in [0.25, 0.3) is 11.7 Å². The summed E-state index contributed by atoms with van der Waals surface area (Å²) in [6.07, 6.45) is -0.168. The van der Waals surface area contributed by atoms with E-state index in [2.05, 4.69) is 4.98 Å². The molecule has 1 aliphatic rings. The Balaban J connectivity index is 1.58. The number of ether oxygens (including phenoxy) is 2. The molecule has 1 unspecified atom stereocenters. The Bertz CT molecular complexity index is 1080. The number of benzene rings is 2. The minimum Gasteiger partial charge on any atom is -0.491 e. The summed E-state index contributed by atoms with van der Waals surface area (Å²) in [4.78, 5) is 28.7. The molecule has 0 saturated carbocycles. The van der Waals surface area contributed by atoms with Gasteiger partial charge in [0.1, 0.15) is 12.4 Å². The second-order valence-electron chi connectivity index (χ2n) is 6.58. The van der Waals surface area contributed by atoms with Crippen LogP contribution in [0, 0.1) is 10.1 Å². The summed E-state index contributed by atoms with van der Waals surface area (Å²) in [5.41, 5.74) is 0. The van der Waals surface area contributed by atoms with Crippen LogP contribution in [0.5, 0.6) is 11.5 Å². The van der Waals surface area contributed by atoms with Crippen LogP contribution in [0.4, 0.5) is 11.6 Å². The highest BCUT2D eigenvalue weighted by atomic mass is 16.6. The molecule has 1 amide bonds. The van der Waals surface area contributed by atoms with Gasteiger partial charge in [0.05, 0.1) is 6.54 Å². The third kappa shape index (κ3) is 3.56. The molecule has 0 fully saturated rings. The van der Waals surface area contributed by atoms with Gasteiger partial charge in [-0.2, -0.15) is 0 Å². The Morgan fingerprint density at radius 1 is 1.17 bits per heavy atom. The molecule has 1 aromatic heterocycles. The number of rotatable bonds is 6. The third-order valence-electron chi connectivity index (χ3n) is 4.77. The number of nitro groups is 1. The number of carbonyl (C=O) groups excluding carboxylic acids is 1. The lowest BCUT2D eigenvalue weighted by Crippen LogP contribution is -2.47. The van der Waals surface area contributed by atoms with Gasteiger partial charge in [-0.05, 0) is 33.8 Å². The summed E-state index contributed by atoms with van der Waals surface area (Å²) in [5.74, 6) is 0.593. The molecule has 8 nitrogen and oxygen atoms in total. The number of aromatic nitrogens is 1. The lowest BCUT2D eigenvalue weighted by molar-refractivity contribution is -0.389. The predicted molar refractivity (Wildman–Crippen MR) is 107 cm³/mol. The second kappa shape index (κ2) is 7.75. The zero-order chi connectivity index (χ0) is 20.4. The topological polar surface area (TPSA) is 94.8 Å². The molecule has 4 rings (SSSR count). The second-order valence-corrected chi connectivity index (χ2v) is 6.58. The Kier molecular flexibility index (Phi) is 4.99. The van der Waals surface area contributed by atoms with Gasteiger partial charge in [-0.25, -0.2) is 0 Å². The molecule has 0 aliphatic carbocycles. The average molecular weight is 393 g/mol. The minimum absolute atomic E-state index is 0.149. The van der Waals surface area contributed by atoms with Gasteiger partial charge in [-0.1, -0.05) is 43.3 Å². The Morgan fingerprint density at radius 3 is 2.76 bits per heavy atom. The fourth-order valence-corrected chi connectivity index (χ4v) is 3.34. The summed E-state index contributed by atoms with van der Waals surface area (Å²) in [6, 6.07) is 16.4. The van der Waals surface area contributed by atoms with E-state index < -0.39 is 11.0 Å². The average Bonchev–Trinajstić information content (AvgIpc) is 2.74. The summed E-state index contributed by atoms with van der Waals surface area (Å²) < 4.78 is 11.6. The summed E-state index contributed by atoms with van der Waals surface area (Å²) in [7, 11) is 0. The van der Waals surface area contributed by atoms with Crippen molar-refractivity contribution < 1.29 is 19.2 Å². The first-order chi connectivity index (χ1) is 14.1. The quantitative estimate of drug-likeness (QED) is 0.468. The Morgan fingerprint density at radius 2 is 1.97 bits per heavy atom. The molecule has 0 N–H and O–H groups in total. The summed E-state index contributed by atoms with van der Waals surface area (Å²) in [6.45, 7) is 2.25. The van der Waals surface area contributed by atoms with E-state index in [9.17, 15) is 14.9 Å². The number of hydrogen-bond acceptors (Lipinski definition) is 6. The highest BCUT2D eigenvalue weighted by Gasteiger charge is 2.38. The first kappa shape index (κ1) is 18.7. The van der Waals surface area contributed by atoms with Crippen LogP contribution in [0.3, 0.4) is 0 Å². The Hall–Kier alpha value is -3.68. The van der Waals surface area contributed by atoms with Crippen molar-refractivity contribution in [3.8, 4) is 11.5 Å². The van der Waals surface area contributed by atoms with Gasteiger partial charge < -0.3 is 19.6 Å². The molecule has 29 heavy (non-hydrogen) atoms. The molecular formula is C21H19N3O5. The van der Waals surface area contributed by atoms with E-state index in [1.54, 1.807) is 0 Å². The maximum atomic E-state index is 12.8. The highest BCUT2D eigenvalue weighted by molar-refractivity contribution is 5.99. The van der Waals surface area contributed by atoms with Crippen LogP contribution in [-0.2, 0) is 4.79 Å². The van der Waals surface area contributed by atoms with Gasteiger partial charge in [-0.3, -0.25) is 9.69 Å². The smallest absolute Gasteiger partial charge is 0.366 e. The van der Waals surface area contributed by atoms with Gasteiger partial charge in [0.15, 0.2) is 11.9 Å². The molecule has 148 valence electrons. The van der Waals surface area contributed by atoms with Crippen LogP contribution in [-0.4, -0.2) is 35.1 Å². The van der Waals surface area contributed by atoms with Crippen LogP contribution >= 0.6 is 0 Å². The number of amides is 1. The summed E-state index contributed by atoms with van der Waals surface area (Å²) in [5, 5.41) is 13.1. The lowest BCUT2D eigenvalue weighted by atomic mass is 10.1. The van der Waals surface area contributed by atoms with E-state index >= 15 is 0 Å². The highest BCUT2D eigenvalue weighted by Crippen LogP contribution is 2.34. The fraction of sp³-hybridized carbons (Fsp3) is 0.238. The predicted octanol–water partition coefficient (Wildman–Crippen LogP) is 3.73. The largest absolute Gasteiger partial charge is 0.491 e. The SMILES string of the molecule is CCC1Oc2ccc([N+](=O)[O-])nc2N(CCOc2cccc3ccccc23)C1=O. The van der Waals surface area contributed by atoms with Gasteiger partial charge in [-0.15, -0.1) is 0 Å². The number of fused-ring (bicyclic) bond motifs is 2. The zero-order valence-electron chi connectivity index (χ0n) is 15.8. The molecule has 2 heterocycles. The molecule has 0 radical (unpaired) electrons. The standard InChI is InChI=1S/C21H19N3O5/c1-2-16-21(25)23(20-18(29-16)10-11-19(22-20)24(26)27)12-13-28-17-9-5-7-14-6-3-4-8-15(14)17/h3-11,16H,2,12-13H2,1H3. The molecule has 8 heteroatoms. The fourth-order valence-electron chi connectivity index (χ4n) is 3.34. The van der Waals surface area contributed by atoms with Crippen molar-refractivity contribution in [2.75, 3.05) is 18.1 Å². The van der Waals surface area contributed by atoms with Crippen LogP contribution in [0.15, 0.2) is 54.6 Å². The molecule has 1 atom stereocenters. The maximum absolute atomic E-state index is 12.8. The maximum Gasteiger partial charge on any atom is 0.366 e. The molecule has 0 spiro atoms.